The molecule has 2 aromatic rings. The maximum Gasteiger partial charge on any atom is 0.0876 e. The number of hydrogen-bond donors (Lipinski definition) is 0. The summed E-state index contributed by atoms with van der Waals surface area (Å²) in [5.74, 6) is 0. The quantitative estimate of drug-likeness (QED) is 0.802. The zero-order chi connectivity index (χ0) is 12.6. The zero-order valence-corrected chi connectivity index (χ0v) is 12.2. The summed E-state index contributed by atoms with van der Waals surface area (Å²) in [6.45, 7) is 0. The molecular weight excluding hydrogens is 306 g/mol. The first-order valence-corrected chi connectivity index (χ1v) is 7.63. The van der Waals surface area contributed by atoms with Crippen molar-refractivity contribution in [3.63, 3.8) is 0 Å². The molecule has 0 spiro atoms. The van der Waals surface area contributed by atoms with Crippen LogP contribution in [0.3, 0.4) is 0 Å². The Balaban J connectivity index is 2.00. The van der Waals surface area contributed by atoms with E-state index in [2.05, 4.69) is 51.6 Å². The summed E-state index contributed by atoms with van der Waals surface area (Å²) in [7, 11) is 0. The normalized spacial score (nSPS) is 21.6. The first-order chi connectivity index (χ1) is 8.73. The SMILES string of the molecule is N#CC1(Cc2cc(Br)cs2)CCc2ccccc21. The minimum atomic E-state index is -0.319. The molecule has 1 unspecified atom stereocenters. The topological polar surface area (TPSA) is 23.8 Å². The number of aryl methyl sites for hydroxylation is 1. The molecule has 0 fully saturated rings. The summed E-state index contributed by atoms with van der Waals surface area (Å²) < 4.78 is 1.11. The largest absolute Gasteiger partial charge is 0.197 e. The number of rotatable bonds is 2. The Kier molecular flexibility index (Phi) is 3.01. The average molecular weight is 318 g/mol. The van der Waals surface area contributed by atoms with Crippen LogP contribution in [-0.4, -0.2) is 0 Å². The molecule has 0 radical (unpaired) electrons. The molecule has 90 valence electrons. The molecule has 0 bridgehead atoms. The van der Waals surface area contributed by atoms with Crippen LogP contribution in [0.1, 0.15) is 22.4 Å². The summed E-state index contributed by atoms with van der Waals surface area (Å²) >= 11 is 5.21. The van der Waals surface area contributed by atoms with E-state index in [0.29, 0.717) is 0 Å². The number of halogens is 1. The van der Waals surface area contributed by atoms with Gasteiger partial charge in [0.05, 0.1) is 11.5 Å². The van der Waals surface area contributed by atoms with Crippen molar-refractivity contribution in [3.8, 4) is 6.07 Å². The van der Waals surface area contributed by atoms with Crippen molar-refractivity contribution in [2.75, 3.05) is 0 Å². The summed E-state index contributed by atoms with van der Waals surface area (Å²) in [5.41, 5.74) is 2.26. The molecule has 0 N–H and O–H groups in total. The van der Waals surface area contributed by atoms with Crippen molar-refractivity contribution < 1.29 is 0 Å². The van der Waals surface area contributed by atoms with Gasteiger partial charge in [0.2, 0.25) is 0 Å². The molecular formula is C15H12BrNS. The van der Waals surface area contributed by atoms with Gasteiger partial charge in [-0.3, -0.25) is 0 Å². The lowest BCUT2D eigenvalue weighted by Gasteiger charge is -2.21. The van der Waals surface area contributed by atoms with Crippen molar-refractivity contribution in [3.05, 3.63) is 56.2 Å². The van der Waals surface area contributed by atoms with Crippen LogP contribution in [0.25, 0.3) is 0 Å². The van der Waals surface area contributed by atoms with Gasteiger partial charge in [0, 0.05) is 21.2 Å². The highest BCUT2D eigenvalue weighted by molar-refractivity contribution is 9.10. The third kappa shape index (κ3) is 1.90. The average Bonchev–Trinajstić information content (AvgIpc) is 2.96. The monoisotopic (exact) mass is 317 g/mol. The Bertz CT molecular complexity index is 625. The van der Waals surface area contributed by atoms with E-state index < -0.39 is 0 Å². The Hall–Kier alpha value is -1.11. The summed E-state index contributed by atoms with van der Waals surface area (Å²) in [6, 6.07) is 13.1. The Labute approximate surface area is 119 Å². The van der Waals surface area contributed by atoms with Crippen molar-refractivity contribution in [1.29, 1.82) is 5.26 Å². The van der Waals surface area contributed by atoms with Gasteiger partial charge in [0.1, 0.15) is 0 Å². The second-order valence-corrected chi connectivity index (χ2v) is 6.67. The number of thiophene rings is 1. The maximum absolute atomic E-state index is 9.67. The van der Waals surface area contributed by atoms with E-state index in [1.165, 1.54) is 16.0 Å². The van der Waals surface area contributed by atoms with E-state index in [1.807, 2.05) is 6.07 Å². The van der Waals surface area contributed by atoms with Gasteiger partial charge in [-0.05, 0) is 46.0 Å². The fourth-order valence-corrected chi connectivity index (χ4v) is 4.34. The summed E-state index contributed by atoms with van der Waals surface area (Å²) in [6.07, 6.45) is 2.80. The van der Waals surface area contributed by atoms with Gasteiger partial charge in [-0.25, -0.2) is 0 Å². The predicted octanol–water partition coefficient (Wildman–Crippen LogP) is 4.46. The van der Waals surface area contributed by atoms with Crippen LogP contribution in [0.4, 0.5) is 0 Å². The van der Waals surface area contributed by atoms with E-state index in [9.17, 15) is 5.26 Å². The van der Waals surface area contributed by atoms with Crippen LogP contribution in [0, 0.1) is 11.3 Å². The van der Waals surface area contributed by atoms with Gasteiger partial charge in [-0.1, -0.05) is 24.3 Å². The molecule has 0 amide bonds. The molecule has 1 nitrogen and oxygen atoms in total. The maximum atomic E-state index is 9.67. The van der Waals surface area contributed by atoms with Gasteiger partial charge in [-0.15, -0.1) is 11.3 Å². The Morgan fingerprint density at radius 1 is 1.39 bits per heavy atom. The molecule has 1 heterocycles. The Morgan fingerprint density at radius 2 is 2.22 bits per heavy atom. The van der Waals surface area contributed by atoms with Crippen LogP contribution in [0.2, 0.25) is 0 Å². The standard InChI is InChI=1S/C15H12BrNS/c16-12-7-13(18-9-12)8-15(10-17)6-5-11-3-1-2-4-14(11)15/h1-4,7,9H,5-6,8H2. The fourth-order valence-electron chi connectivity index (χ4n) is 2.77. The van der Waals surface area contributed by atoms with E-state index in [1.54, 1.807) is 11.3 Å². The van der Waals surface area contributed by atoms with Gasteiger partial charge < -0.3 is 0 Å². The van der Waals surface area contributed by atoms with Crippen molar-refractivity contribution in [2.45, 2.75) is 24.7 Å². The van der Waals surface area contributed by atoms with Crippen LogP contribution in [0.5, 0.6) is 0 Å². The zero-order valence-electron chi connectivity index (χ0n) is 9.82. The third-order valence-corrected chi connectivity index (χ3v) is 5.36. The molecule has 1 atom stereocenters. The smallest absolute Gasteiger partial charge is 0.0876 e. The van der Waals surface area contributed by atoms with Gasteiger partial charge in [-0.2, -0.15) is 5.26 Å². The second-order valence-electron chi connectivity index (χ2n) is 4.76. The predicted molar refractivity (Wildman–Crippen MR) is 77.8 cm³/mol. The molecule has 1 aromatic carbocycles. The molecule has 1 aliphatic carbocycles. The molecule has 0 aliphatic heterocycles. The minimum absolute atomic E-state index is 0.319. The molecule has 1 aliphatic rings. The lowest BCUT2D eigenvalue weighted by Crippen LogP contribution is -2.23. The lowest BCUT2D eigenvalue weighted by atomic mass is 9.80. The highest BCUT2D eigenvalue weighted by Gasteiger charge is 2.39. The molecule has 3 rings (SSSR count). The van der Waals surface area contributed by atoms with E-state index in [4.69, 9.17) is 0 Å². The summed E-state index contributed by atoms with van der Waals surface area (Å²) in [5, 5.41) is 11.8. The summed E-state index contributed by atoms with van der Waals surface area (Å²) in [4.78, 5) is 1.28. The molecule has 0 saturated carbocycles. The van der Waals surface area contributed by atoms with Gasteiger partial charge in [0.15, 0.2) is 0 Å². The van der Waals surface area contributed by atoms with Crippen LogP contribution in [-0.2, 0) is 18.3 Å². The third-order valence-electron chi connectivity index (χ3n) is 3.67. The molecule has 3 heteroatoms. The number of benzene rings is 1. The van der Waals surface area contributed by atoms with Crippen molar-refractivity contribution in [2.24, 2.45) is 0 Å². The van der Waals surface area contributed by atoms with Crippen molar-refractivity contribution in [1.82, 2.24) is 0 Å². The lowest BCUT2D eigenvalue weighted by molar-refractivity contribution is 0.545. The van der Waals surface area contributed by atoms with E-state index >= 15 is 0 Å². The van der Waals surface area contributed by atoms with E-state index in [0.717, 1.165) is 23.7 Å². The van der Waals surface area contributed by atoms with Crippen LogP contribution in [0.15, 0.2) is 40.2 Å². The first kappa shape index (κ1) is 12.0. The highest BCUT2D eigenvalue weighted by Crippen LogP contribution is 2.42. The number of nitrogens with zero attached hydrogens (tertiary/aromatic N) is 1. The highest BCUT2D eigenvalue weighted by atomic mass is 79.9. The van der Waals surface area contributed by atoms with Gasteiger partial charge in [0.25, 0.3) is 0 Å². The second kappa shape index (κ2) is 4.53. The van der Waals surface area contributed by atoms with Crippen LogP contribution < -0.4 is 0 Å². The van der Waals surface area contributed by atoms with E-state index in [-0.39, 0.29) is 5.41 Å². The first-order valence-electron chi connectivity index (χ1n) is 5.96. The fraction of sp³-hybridized carbons (Fsp3) is 0.267. The Morgan fingerprint density at radius 3 is 2.94 bits per heavy atom. The van der Waals surface area contributed by atoms with Crippen LogP contribution >= 0.6 is 27.3 Å². The molecule has 1 aromatic heterocycles. The number of nitriles is 1. The van der Waals surface area contributed by atoms with Gasteiger partial charge >= 0.3 is 0 Å². The molecule has 18 heavy (non-hydrogen) atoms. The number of fused-ring (bicyclic) bond motifs is 1. The molecule has 0 saturated heterocycles. The van der Waals surface area contributed by atoms with Crippen molar-refractivity contribution >= 4 is 27.3 Å². The minimum Gasteiger partial charge on any atom is -0.197 e. The number of hydrogen-bond acceptors (Lipinski definition) is 2.